The Morgan fingerprint density at radius 3 is 2.18 bits per heavy atom. The zero-order chi connectivity index (χ0) is 13.5. The summed E-state index contributed by atoms with van der Waals surface area (Å²) in [6.07, 6.45) is 0.309. The number of nitrogens with zero attached hydrogens (tertiary/aromatic N) is 2. The Labute approximate surface area is 105 Å². The molecule has 0 rings (SSSR count). The Bertz CT molecular complexity index is 344. The average molecular weight is 261 g/mol. The molecule has 0 aromatic heterocycles. The number of sulfonamides is 1. The van der Waals surface area contributed by atoms with E-state index in [0.717, 1.165) is 13.1 Å². The van der Waals surface area contributed by atoms with Gasteiger partial charge in [-0.2, -0.15) is 5.26 Å². The molecule has 1 N–H and O–H groups in total. The quantitative estimate of drug-likeness (QED) is 0.705. The molecule has 0 amide bonds. The molecule has 0 aliphatic rings. The Morgan fingerprint density at radius 1 is 1.29 bits per heavy atom. The lowest BCUT2D eigenvalue weighted by molar-refractivity contribution is 0.282. The fourth-order valence-electron chi connectivity index (χ4n) is 1.65. The summed E-state index contributed by atoms with van der Waals surface area (Å²) in [5.41, 5.74) is 0. The van der Waals surface area contributed by atoms with Gasteiger partial charge in [-0.25, -0.2) is 13.1 Å². The van der Waals surface area contributed by atoms with Crippen LogP contribution in [0.1, 0.15) is 34.1 Å². The Hall–Kier alpha value is -0.640. The smallest absolute Gasteiger partial charge is 0.228 e. The van der Waals surface area contributed by atoms with Crippen LogP contribution in [0.5, 0.6) is 0 Å². The standard InChI is InChI=1S/C11H23N3O2S/c1-5-11(8-12)17(15,16)13-10(4)9-14(6-2)7-3/h10-11,13H,5-7,9H2,1-4H3. The van der Waals surface area contributed by atoms with Crippen LogP contribution in [0.4, 0.5) is 0 Å². The van der Waals surface area contributed by atoms with Crippen molar-refractivity contribution >= 4 is 10.0 Å². The summed E-state index contributed by atoms with van der Waals surface area (Å²) in [7, 11) is -3.52. The van der Waals surface area contributed by atoms with Gasteiger partial charge in [-0.05, 0) is 26.4 Å². The highest BCUT2D eigenvalue weighted by molar-refractivity contribution is 7.90. The van der Waals surface area contributed by atoms with E-state index >= 15 is 0 Å². The van der Waals surface area contributed by atoms with Gasteiger partial charge in [0.25, 0.3) is 0 Å². The number of likely N-dealkylation sites (N-methyl/N-ethyl adjacent to an activating group) is 1. The molecule has 0 aromatic carbocycles. The van der Waals surface area contributed by atoms with Crippen molar-refractivity contribution in [2.75, 3.05) is 19.6 Å². The summed E-state index contributed by atoms with van der Waals surface area (Å²) < 4.78 is 26.2. The van der Waals surface area contributed by atoms with E-state index in [4.69, 9.17) is 5.26 Å². The first-order valence-electron chi connectivity index (χ1n) is 6.04. The summed E-state index contributed by atoms with van der Waals surface area (Å²) in [6.45, 7) is 10.0. The zero-order valence-electron chi connectivity index (χ0n) is 11.1. The van der Waals surface area contributed by atoms with E-state index in [9.17, 15) is 8.42 Å². The topological polar surface area (TPSA) is 73.2 Å². The van der Waals surface area contributed by atoms with Crippen LogP contribution in [0.3, 0.4) is 0 Å². The summed E-state index contributed by atoms with van der Waals surface area (Å²) >= 11 is 0. The first-order chi connectivity index (χ1) is 7.91. The molecule has 0 bridgehead atoms. The van der Waals surface area contributed by atoms with Crippen LogP contribution in [-0.2, 0) is 10.0 Å². The maximum absolute atomic E-state index is 11.8. The molecule has 0 saturated heterocycles. The fraction of sp³-hybridized carbons (Fsp3) is 0.909. The largest absolute Gasteiger partial charge is 0.302 e. The van der Waals surface area contributed by atoms with E-state index in [0.29, 0.717) is 13.0 Å². The second-order valence-corrected chi connectivity index (χ2v) is 5.97. The highest BCUT2D eigenvalue weighted by Gasteiger charge is 2.25. The van der Waals surface area contributed by atoms with Crippen molar-refractivity contribution in [1.82, 2.24) is 9.62 Å². The minimum Gasteiger partial charge on any atom is -0.302 e. The molecule has 2 unspecified atom stereocenters. The van der Waals surface area contributed by atoms with E-state index in [1.807, 2.05) is 26.8 Å². The predicted molar refractivity (Wildman–Crippen MR) is 69.0 cm³/mol. The molecule has 17 heavy (non-hydrogen) atoms. The van der Waals surface area contributed by atoms with Crippen molar-refractivity contribution in [3.63, 3.8) is 0 Å². The van der Waals surface area contributed by atoms with Crippen LogP contribution in [0, 0.1) is 11.3 Å². The molecule has 0 aliphatic heterocycles. The van der Waals surface area contributed by atoms with Crippen molar-refractivity contribution in [2.45, 2.75) is 45.4 Å². The van der Waals surface area contributed by atoms with E-state index in [2.05, 4.69) is 9.62 Å². The van der Waals surface area contributed by atoms with Gasteiger partial charge in [0.05, 0.1) is 6.07 Å². The third kappa shape index (κ3) is 5.48. The Kier molecular flexibility index (Phi) is 7.35. The number of nitriles is 1. The van der Waals surface area contributed by atoms with Crippen LogP contribution < -0.4 is 4.72 Å². The molecule has 6 heteroatoms. The van der Waals surface area contributed by atoms with Gasteiger partial charge in [-0.1, -0.05) is 20.8 Å². The number of hydrogen-bond acceptors (Lipinski definition) is 4. The van der Waals surface area contributed by atoms with Crippen LogP contribution in [-0.4, -0.2) is 44.2 Å². The maximum atomic E-state index is 11.8. The van der Waals surface area contributed by atoms with E-state index in [-0.39, 0.29) is 6.04 Å². The lowest BCUT2D eigenvalue weighted by Crippen LogP contribution is -2.44. The SMILES string of the molecule is CCC(C#N)S(=O)(=O)NC(C)CN(CC)CC. The molecular weight excluding hydrogens is 238 g/mol. The van der Waals surface area contributed by atoms with Gasteiger partial charge in [-0.15, -0.1) is 0 Å². The predicted octanol–water partition coefficient (Wildman–Crippen LogP) is 0.938. The van der Waals surface area contributed by atoms with Gasteiger partial charge in [0, 0.05) is 12.6 Å². The van der Waals surface area contributed by atoms with Gasteiger partial charge in [0.2, 0.25) is 10.0 Å². The third-order valence-corrected chi connectivity index (χ3v) is 4.60. The van der Waals surface area contributed by atoms with Crippen molar-refractivity contribution in [3.8, 4) is 6.07 Å². The third-order valence-electron chi connectivity index (χ3n) is 2.68. The minimum atomic E-state index is -3.52. The average Bonchev–Trinajstić information content (AvgIpc) is 2.26. The van der Waals surface area contributed by atoms with Crippen molar-refractivity contribution in [2.24, 2.45) is 0 Å². The molecule has 2 atom stereocenters. The fourth-order valence-corrected chi connectivity index (χ4v) is 3.03. The number of nitrogens with one attached hydrogen (secondary N) is 1. The first-order valence-corrected chi connectivity index (χ1v) is 7.58. The summed E-state index contributed by atoms with van der Waals surface area (Å²) in [6, 6.07) is 1.64. The van der Waals surface area contributed by atoms with Crippen molar-refractivity contribution in [1.29, 1.82) is 5.26 Å². The summed E-state index contributed by atoms with van der Waals surface area (Å²) in [5.74, 6) is 0. The molecule has 0 fully saturated rings. The number of rotatable bonds is 8. The molecular formula is C11H23N3O2S. The van der Waals surface area contributed by atoms with E-state index in [1.165, 1.54) is 0 Å². The van der Waals surface area contributed by atoms with Crippen LogP contribution >= 0.6 is 0 Å². The van der Waals surface area contributed by atoms with Gasteiger partial charge >= 0.3 is 0 Å². The molecule has 0 radical (unpaired) electrons. The molecule has 0 aromatic rings. The van der Waals surface area contributed by atoms with Crippen molar-refractivity contribution < 1.29 is 8.42 Å². The summed E-state index contributed by atoms with van der Waals surface area (Å²) in [4.78, 5) is 2.14. The van der Waals surface area contributed by atoms with Gasteiger partial charge in [-0.3, -0.25) is 0 Å². The van der Waals surface area contributed by atoms with Crippen LogP contribution in [0.2, 0.25) is 0 Å². The van der Waals surface area contributed by atoms with E-state index in [1.54, 1.807) is 6.92 Å². The monoisotopic (exact) mass is 261 g/mol. The Balaban J connectivity index is 4.47. The first kappa shape index (κ1) is 16.4. The lowest BCUT2D eigenvalue weighted by atomic mass is 10.3. The summed E-state index contributed by atoms with van der Waals surface area (Å²) in [5, 5.41) is 7.81. The molecule has 0 saturated carbocycles. The minimum absolute atomic E-state index is 0.178. The van der Waals surface area contributed by atoms with Crippen LogP contribution in [0.15, 0.2) is 0 Å². The van der Waals surface area contributed by atoms with Gasteiger partial charge in [0.1, 0.15) is 0 Å². The molecule has 0 spiro atoms. The van der Waals surface area contributed by atoms with Crippen molar-refractivity contribution in [3.05, 3.63) is 0 Å². The molecule has 5 nitrogen and oxygen atoms in total. The van der Waals surface area contributed by atoms with Crippen LogP contribution in [0.25, 0.3) is 0 Å². The van der Waals surface area contributed by atoms with E-state index < -0.39 is 15.3 Å². The normalized spacial score (nSPS) is 15.5. The highest BCUT2D eigenvalue weighted by Crippen LogP contribution is 2.04. The molecule has 0 heterocycles. The molecule has 100 valence electrons. The maximum Gasteiger partial charge on any atom is 0.228 e. The lowest BCUT2D eigenvalue weighted by Gasteiger charge is -2.23. The second kappa shape index (κ2) is 7.64. The number of hydrogen-bond donors (Lipinski definition) is 1. The Morgan fingerprint density at radius 2 is 1.82 bits per heavy atom. The van der Waals surface area contributed by atoms with Gasteiger partial charge in [0.15, 0.2) is 5.25 Å². The zero-order valence-corrected chi connectivity index (χ0v) is 11.9. The molecule has 0 aliphatic carbocycles. The second-order valence-electron chi connectivity index (χ2n) is 4.08. The highest BCUT2D eigenvalue weighted by atomic mass is 32.2. The van der Waals surface area contributed by atoms with Gasteiger partial charge < -0.3 is 4.90 Å².